The van der Waals surface area contributed by atoms with Crippen LogP contribution in [-0.4, -0.2) is 30.9 Å². The molecule has 0 spiro atoms. The van der Waals surface area contributed by atoms with Crippen molar-refractivity contribution in [3.8, 4) is 0 Å². The Morgan fingerprint density at radius 1 is 1.35 bits per heavy atom. The Bertz CT molecular complexity index is 428. The lowest BCUT2D eigenvalue weighted by Gasteiger charge is -2.26. The fourth-order valence-electron chi connectivity index (χ4n) is 2.50. The largest absolute Gasteiger partial charge is 0.384 e. The molecular formula is C14H26FNO3S. The third-order valence-electron chi connectivity index (χ3n) is 3.95. The standard InChI is InChI=1S/C14H26FNO3S/c1-10(2)20(18,19)9-12(15)14(17)13(16)8-11-6-4-3-5-7-11/h9-11,13-14,17H,3-8,16H2,1-2H3/t13-,14-/m0/s1. The molecule has 2 atom stereocenters. The first kappa shape index (κ1) is 17.6. The maximum atomic E-state index is 13.8. The van der Waals surface area contributed by atoms with Gasteiger partial charge in [-0.3, -0.25) is 0 Å². The summed E-state index contributed by atoms with van der Waals surface area (Å²) in [6.45, 7) is 2.93. The van der Waals surface area contributed by atoms with Crippen LogP contribution >= 0.6 is 0 Å². The Labute approximate surface area is 121 Å². The fraction of sp³-hybridized carbons (Fsp3) is 0.857. The molecule has 0 heterocycles. The lowest BCUT2D eigenvalue weighted by molar-refractivity contribution is 0.136. The molecule has 118 valence electrons. The fourth-order valence-corrected chi connectivity index (χ4v) is 3.23. The van der Waals surface area contributed by atoms with E-state index in [1.165, 1.54) is 20.3 Å². The molecule has 1 fully saturated rings. The molecule has 0 saturated heterocycles. The zero-order chi connectivity index (χ0) is 15.3. The molecule has 0 aliphatic heterocycles. The van der Waals surface area contributed by atoms with Crippen molar-refractivity contribution in [3.05, 3.63) is 11.2 Å². The van der Waals surface area contributed by atoms with E-state index in [1.807, 2.05) is 0 Å². The van der Waals surface area contributed by atoms with Crippen LogP contribution in [0.25, 0.3) is 0 Å². The molecule has 6 heteroatoms. The zero-order valence-corrected chi connectivity index (χ0v) is 13.1. The minimum Gasteiger partial charge on any atom is -0.384 e. The number of halogens is 1. The van der Waals surface area contributed by atoms with Gasteiger partial charge in [0.25, 0.3) is 0 Å². The Morgan fingerprint density at radius 3 is 2.40 bits per heavy atom. The monoisotopic (exact) mass is 307 g/mol. The highest BCUT2D eigenvalue weighted by molar-refractivity contribution is 7.94. The molecule has 0 unspecified atom stereocenters. The van der Waals surface area contributed by atoms with E-state index in [0.717, 1.165) is 25.7 Å². The van der Waals surface area contributed by atoms with Crippen LogP contribution in [0.2, 0.25) is 0 Å². The molecule has 1 aliphatic rings. The van der Waals surface area contributed by atoms with Crippen LogP contribution in [-0.2, 0) is 9.84 Å². The Balaban J connectivity index is 2.63. The van der Waals surface area contributed by atoms with E-state index >= 15 is 0 Å². The predicted octanol–water partition coefficient (Wildman–Crippen LogP) is 2.28. The summed E-state index contributed by atoms with van der Waals surface area (Å²) < 4.78 is 37.0. The van der Waals surface area contributed by atoms with Gasteiger partial charge in [-0.05, 0) is 26.2 Å². The third-order valence-corrected chi connectivity index (χ3v) is 5.82. The van der Waals surface area contributed by atoms with Gasteiger partial charge in [0.2, 0.25) is 0 Å². The van der Waals surface area contributed by atoms with Gasteiger partial charge in [0.1, 0.15) is 11.9 Å². The van der Waals surface area contributed by atoms with Gasteiger partial charge in [-0.1, -0.05) is 32.1 Å². The second-order valence-electron chi connectivity index (χ2n) is 5.99. The summed E-state index contributed by atoms with van der Waals surface area (Å²) in [6, 6.07) is -0.753. The summed E-state index contributed by atoms with van der Waals surface area (Å²) in [5, 5.41) is 9.63. The Morgan fingerprint density at radius 2 is 1.90 bits per heavy atom. The van der Waals surface area contributed by atoms with Crippen LogP contribution in [0, 0.1) is 5.92 Å². The number of aliphatic hydroxyl groups is 1. The molecule has 0 bridgehead atoms. The topological polar surface area (TPSA) is 80.4 Å². The SMILES string of the molecule is CC(C)S(=O)(=O)C=C(F)[C@H](O)[C@@H](N)CC1CCCCC1. The van der Waals surface area contributed by atoms with Gasteiger partial charge in [0.15, 0.2) is 9.84 Å². The van der Waals surface area contributed by atoms with Gasteiger partial charge >= 0.3 is 0 Å². The summed E-state index contributed by atoms with van der Waals surface area (Å²) in [5.74, 6) is -0.648. The minimum absolute atomic E-state index is 0.405. The van der Waals surface area contributed by atoms with E-state index in [2.05, 4.69) is 0 Å². The van der Waals surface area contributed by atoms with Gasteiger partial charge in [-0.25, -0.2) is 12.8 Å². The van der Waals surface area contributed by atoms with E-state index in [0.29, 0.717) is 17.7 Å². The van der Waals surface area contributed by atoms with Crippen molar-refractivity contribution < 1.29 is 17.9 Å². The molecule has 1 aliphatic carbocycles. The quantitative estimate of drug-likeness (QED) is 0.789. The molecule has 0 radical (unpaired) electrons. The molecule has 1 saturated carbocycles. The first-order valence-electron chi connectivity index (χ1n) is 7.28. The zero-order valence-electron chi connectivity index (χ0n) is 12.3. The van der Waals surface area contributed by atoms with Crippen molar-refractivity contribution in [2.45, 2.75) is 69.8 Å². The molecular weight excluding hydrogens is 281 g/mol. The van der Waals surface area contributed by atoms with E-state index in [9.17, 15) is 17.9 Å². The van der Waals surface area contributed by atoms with Crippen LogP contribution in [0.15, 0.2) is 11.2 Å². The highest BCUT2D eigenvalue weighted by Crippen LogP contribution is 2.28. The maximum absolute atomic E-state index is 13.8. The van der Waals surface area contributed by atoms with E-state index < -0.39 is 33.1 Å². The number of hydrogen-bond acceptors (Lipinski definition) is 4. The number of hydrogen-bond donors (Lipinski definition) is 2. The van der Waals surface area contributed by atoms with Crippen molar-refractivity contribution in [2.24, 2.45) is 11.7 Å². The number of rotatable bonds is 6. The maximum Gasteiger partial charge on any atom is 0.176 e. The molecule has 0 aromatic rings. The minimum atomic E-state index is -3.66. The second-order valence-corrected chi connectivity index (χ2v) is 8.35. The first-order chi connectivity index (χ1) is 9.24. The predicted molar refractivity (Wildman–Crippen MR) is 78.4 cm³/mol. The van der Waals surface area contributed by atoms with Crippen molar-refractivity contribution >= 4 is 9.84 Å². The summed E-state index contributed by atoms with van der Waals surface area (Å²) in [7, 11) is -3.66. The number of nitrogens with two attached hydrogens (primary N) is 1. The summed E-state index contributed by atoms with van der Waals surface area (Å²) in [4.78, 5) is 0. The van der Waals surface area contributed by atoms with Crippen LogP contribution in [0.3, 0.4) is 0 Å². The molecule has 0 amide bonds. The Kier molecular flexibility index (Phi) is 6.61. The van der Waals surface area contributed by atoms with Crippen molar-refractivity contribution in [1.29, 1.82) is 0 Å². The highest BCUT2D eigenvalue weighted by Gasteiger charge is 2.26. The molecule has 0 aromatic carbocycles. The summed E-state index contributed by atoms with van der Waals surface area (Å²) in [6.07, 6.45) is 4.61. The van der Waals surface area contributed by atoms with Gasteiger partial charge in [-0.2, -0.15) is 0 Å². The lowest BCUT2D eigenvalue weighted by atomic mass is 9.84. The lowest BCUT2D eigenvalue weighted by Crippen LogP contribution is -2.37. The molecule has 20 heavy (non-hydrogen) atoms. The second kappa shape index (κ2) is 7.52. The van der Waals surface area contributed by atoms with Crippen molar-refractivity contribution in [2.75, 3.05) is 0 Å². The first-order valence-corrected chi connectivity index (χ1v) is 8.89. The smallest absolute Gasteiger partial charge is 0.176 e. The van der Waals surface area contributed by atoms with Gasteiger partial charge in [0.05, 0.1) is 10.7 Å². The van der Waals surface area contributed by atoms with Crippen LogP contribution < -0.4 is 5.73 Å². The number of aliphatic hydroxyl groups excluding tert-OH is 1. The van der Waals surface area contributed by atoms with E-state index in [4.69, 9.17) is 5.73 Å². The molecule has 0 aromatic heterocycles. The average Bonchev–Trinajstić information content (AvgIpc) is 2.38. The molecule has 3 N–H and O–H groups in total. The van der Waals surface area contributed by atoms with Crippen LogP contribution in [0.4, 0.5) is 4.39 Å². The molecule has 4 nitrogen and oxygen atoms in total. The highest BCUT2D eigenvalue weighted by atomic mass is 32.2. The van der Waals surface area contributed by atoms with Gasteiger partial charge in [-0.15, -0.1) is 0 Å². The van der Waals surface area contributed by atoms with Crippen molar-refractivity contribution in [1.82, 2.24) is 0 Å². The van der Waals surface area contributed by atoms with Gasteiger partial charge in [0, 0.05) is 6.04 Å². The number of sulfone groups is 1. The molecule has 1 rings (SSSR count). The third kappa shape index (κ3) is 5.14. The Hall–Kier alpha value is -0.460. The van der Waals surface area contributed by atoms with Gasteiger partial charge < -0.3 is 10.8 Å². The van der Waals surface area contributed by atoms with Crippen LogP contribution in [0.1, 0.15) is 52.4 Å². The van der Waals surface area contributed by atoms with E-state index in [-0.39, 0.29) is 0 Å². The average molecular weight is 307 g/mol. The normalized spacial score (nSPS) is 22.0. The summed E-state index contributed by atoms with van der Waals surface area (Å²) in [5.41, 5.74) is 5.82. The van der Waals surface area contributed by atoms with Crippen molar-refractivity contribution in [3.63, 3.8) is 0 Å². The van der Waals surface area contributed by atoms with E-state index in [1.54, 1.807) is 0 Å². The summed E-state index contributed by atoms with van der Waals surface area (Å²) >= 11 is 0. The van der Waals surface area contributed by atoms with Crippen LogP contribution in [0.5, 0.6) is 0 Å².